The Labute approximate surface area is 125 Å². The number of aliphatic hydroxyl groups excluding tert-OH is 1. The standard InChI is InChI=1S/C16H25NO4/c1-10(2)17-13(6-8-15(18)19)16(20)12-9-11(3)5-7-14(12)21-4/h5,7,9-10,13,16-17,20H,6,8H2,1-4H3,(H,18,19). The van der Waals surface area contributed by atoms with Crippen molar-refractivity contribution in [1.29, 1.82) is 0 Å². The summed E-state index contributed by atoms with van der Waals surface area (Å²) in [5.74, 6) is -0.257. The van der Waals surface area contributed by atoms with Gasteiger partial charge in [-0.05, 0) is 25.5 Å². The molecule has 5 nitrogen and oxygen atoms in total. The number of methoxy groups -OCH3 is 1. The molecule has 0 heterocycles. The van der Waals surface area contributed by atoms with E-state index >= 15 is 0 Å². The number of hydrogen-bond donors (Lipinski definition) is 3. The number of nitrogens with one attached hydrogen (secondary N) is 1. The van der Waals surface area contributed by atoms with Gasteiger partial charge in [0.05, 0.1) is 13.2 Å². The summed E-state index contributed by atoms with van der Waals surface area (Å²) in [7, 11) is 1.56. The second-order valence-electron chi connectivity index (χ2n) is 5.55. The van der Waals surface area contributed by atoms with Crippen molar-refractivity contribution in [3.05, 3.63) is 29.3 Å². The van der Waals surface area contributed by atoms with Crippen LogP contribution in [0, 0.1) is 6.92 Å². The zero-order valence-corrected chi connectivity index (χ0v) is 13.1. The Balaban J connectivity index is 3.00. The van der Waals surface area contributed by atoms with E-state index < -0.39 is 12.1 Å². The molecule has 2 atom stereocenters. The molecule has 0 saturated heterocycles. The Kier molecular flexibility index (Phi) is 6.65. The van der Waals surface area contributed by atoms with Gasteiger partial charge >= 0.3 is 5.97 Å². The third-order valence-electron chi connectivity index (χ3n) is 3.30. The SMILES string of the molecule is COc1ccc(C)cc1C(O)C(CCC(=O)O)NC(C)C. The molecule has 0 spiro atoms. The summed E-state index contributed by atoms with van der Waals surface area (Å²) >= 11 is 0. The molecular formula is C16H25NO4. The molecule has 2 unspecified atom stereocenters. The number of ether oxygens (including phenoxy) is 1. The lowest BCUT2D eigenvalue weighted by atomic mass is 9.95. The lowest BCUT2D eigenvalue weighted by molar-refractivity contribution is -0.137. The molecule has 1 aromatic rings. The van der Waals surface area contributed by atoms with E-state index in [9.17, 15) is 9.90 Å². The van der Waals surface area contributed by atoms with Crippen molar-refractivity contribution in [2.24, 2.45) is 0 Å². The van der Waals surface area contributed by atoms with Crippen molar-refractivity contribution in [3.8, 4) is 5.75 Å². The average molecular weight is 295 g/mol. The first-order valence-corrected chi connectivity index (χ1v) is 7.15. The van der Waals surface area contributed by atoms with Crippen LogP contribution in [0.3, 0.4) is 0 Å². The molecule has 5 heteroatoms. The van der Waals surface area contributed by atoms with E-state index in [1.165, 1.54) is 0 Å². The van der Waals surface area contributed by atoms with E-state index in [-0.39, 0.29) is 18.5 Å². The van der Waals surface area contributed by atoms with Crippen LogP contribution in [0.1, 0.15) is 43.9 Å². The minimum atomic E-state index is -0.867. The van der Waals surface area contributed by atoms with Crippen LogP contribution in [0.25, 0.3) is 0 Å². The molecule has 21 heavy (non-hydrogen) atoms. The first kappa shape index (κ1) is 17.5. The zero-order chi connectivity index (χ0) is 16.0. The summed E-state index contributed by atoms with van der Waals surface area (Å²) in [6, 6.07) is 5.42. The van der Waals surface area contributed by atoms with Gasteiger partial charge in [0.1, 0.15) is 5.75 Å². The molecule has 0 aliphatic heterocycles. The van der Waals surface area contributed by atoms with Crippen molar-refractivity contribution < 1.29 is 19.7 Å². The van der Waals surface area contributed by atoms with Crippen LogP contribution < -0.4 is 10.1 Å². The largest absolute Gasteiger partial charge is 0.496 e. The van der Waals surface area contributed by atoms with Gasteiger partial charge in [0, 0.05) is 24.1 Å². The van der Waals surface area contributed by atoms with Crippen molar-refractivity contribution in [1.82, 2.24) is 5.32 Å². The smallest absolute Gasteiger partial charge is 0.303 e. The van der Waals surface area contributed by atoms with Crippen LogP contribution in [0.4, 0.5) is 0 Å². The van der Waals surface area contributed by atoms with Gasteiger partial charge in [-0.1, -0.05) is 25.5 Å². The molecule has 0 fully saturated rings. The highest BCUT2D eigenvalue weighted by Crippen LogP contribution is 2.30. The summed E-state index contributed by atoms with van der Waals surface area (Å²) in [6.07, 6.45) is -0.456. The highest BCUT2D eigenvalue weighted by Gasteiger charge is 2.25. The van der Waals surface area contributed by atoms with Gasteiger partial charge in [-0.3, -0.25) is 4.79 Å². The predicted molar refractivity (Wildman–Crippen MR) is 81.6 cm³/mol. The quantitative estimate of drug-likeness (QED) is 0.685. The number of aliphatic hydroxyl groups is 1. The molecule has 0 amide bonds. The molecule has 0 aliphatic rings. The molecule has 1 rings (SSSR count). The summed E-state index contributed by atoms with van der Waals surface area (Å²) in [5.41, 5.74) is 1.70. The monoisotopic (exact) mass is 295 g/mol. The molecule has 3 N–H and O–H groups in total. The van der Waals surface area contributed by atoms with E-state index in [1.54, 1.807) is 7.11 Å². The van der Waals surface area contributed by atoms with Gasteiger partial charge in [0.25, 0.3) is 0 Å². The lowest BCUT2D eigenvalue weighted by Gasteiger charge is -2.27. The van der Waals surface area contributed by atoms with E-state index in [4.69, 9.17) is 9.84 Å². The van der Waals surface area contributed by atoms with E-state index in [0.29, 0.717) is 17.7 Å². The van der Waals surface area contributed by atoms with E-state index in [2.05, 4.69) is 5.32 Å². The molecular weight excluding hydrogens is 270 g/mol. The minimum Gasteiger partial charge on any atom is -0.496 e. The van der Waals surface area contributed by atoms with Gasteiger partial charge < -0.3 is 20.3 Å². The van der Waals surface area contributed by atoms with Crippen LogP contribution in [-0.4, -0.2) is 35.4 Å². The second-order valence-corrected chi connectivity index (χ2v) is 5.55. The first-order valence-electron chi connectivity index (χ1n) is 7.15. The fourth-order valence-corrected chi connectivity index (χ4v) is 2.34. The third kappa shape index (κ3) is 5.36. The maximum absolute atomic E-state index is 10.8. The zero-order valence-electron chi connectivity index (χ0n) is 13.1. The summed E-state index contributed by atoms with van der Waals surface area (Å²) in [6.45, 7) is 5.87. The fourth-order valence-electron chi connectivity index (χ4n) is 2.34. The van der Waals surface area contributed by atoms with E-state index in [0.717, 1.165) is 5.56 Å². The number of rotatable bonds is 8. The van der Waals surface area contributed by atoms with Crippen LogP contribution in [0.2, 0.25) is 0 Å². The highest BCUT2D eigenvalue weighted by atomic mass is 16.5. The van der Waals surface area contributed by atoms with Gasteiger partial charge in [-0.15, -0.1) is 0 Å². The van der Waals surface area contributed by atoms with Crippen LogP contribution in [0.5, 0.6) is 5.75 Å². The molecule has 1 aromatic carbocycles. The molecule has 0 aliphatic carbocycles. The third-order valence-corrected chi connectivity index (χ3v) is 3.30. The van der Waals surface area contributed by atoms with Crippen LogP contribution in [-0.2, 0) is 4.79 Å². The maximum Gasteiger partial charge on any atom is 0.303 e. The highest BCUT2D eigenvalue weighted by molar-refractivity contribution is 5.66. The number of aliphatic carboxylic acids is 1. The van der Waals surface area contributed by atoms with Crippen molar-refractivity contribution in [2.45, 2.75) is 51.8 Å². The molecule has 0 aromatic heterocycles. The maximum atomic E-state index is 10.8. The molecule has 118 valence electrons. The number of benzene rings is 1. The number of aryl methyl sites for hydroxylation is 1. The van der Waals surface area contributed by atoms with Crippen molar-refractivity contribution >= 4 is 5.97 Å². The Morgan fingerprint density at radius 2 is 2.05 bits per heavy atom. The summed E-state index contributed by atoms with van der Waals surface area (Å²) in [5, 5.41) is 22.7. The Morgan fingerprint density at radius 1 is 1.38 bits per heavy atom. The topological polar surface area (TPSA) is 78.8 Å². The number of carboxylic acid groups (broad SMARTS) is 1. The number of carbonyl (C=O) groups is 1. The van der Waals surface area contributed by atoms with E-state index in [1.807, 2.05) is 39.0 Å². The predicted octanol–water partition coefficient (Wildman–Crippen LogP) is 2.27. The second kappa shape index (κ2) is 8.00. The number of carboxylic acids is 1. The minimum absolute atomic E-state index is 0.00950. The molecule has 0 radical (unpaired) electrons. The number of hydrogen-bond acceptors (Lipinski definition) is 4. The Hall–Kier alpha value is -1.59. The van der Waals surface area contributed by atoms with Crippen LogP contribution >= 0.6 is 0 Å². The average Bonchev–Trinajstić information content (AvgIpc) is 2.42. The van der Waals surface area contributed by atoms with Crippen molar-refractivity contribution in [3.63, 3.8) is 0 Å². The summed E-state index contributed by atoms with van der Waals surface area (Å²) in [4.78, 5) is 10.8. The summed E-state index contributed by atoms with van der Waals surface area (Å²) < 4.78 is 5.30. The Morgan fingerprint density at radius 3 is 2.57 bits per heavy atom. The Bertz CT molecular complexity index is 473. The van der Waals surface area contributed by atoms with Gasteiger partial charge in [0.15, 0.2) is 0 Å². The van der Waals surface area contributed by atoms with Crippen molar-refractivity contribution in [2.75, 3.05) is 7.11 Å². The molecule has 0 bridgehead atoms. The van der Waals surface area contributed by atoms with Gasteiger partial charge in [0.2, 0.25) is 0 Å². The fraction of sp³-hybridized carbons (Fsp3) is 0.562. The molecule has 0 saturated carbocycles. The lowest BCUT2D eigenvalue weighted by Crippen LogP contribution is -2.39. The van der Waals surface area contributed by atoms with Gasteiger partial charge in [-0.2, -0.15) is 0 Å². The first-order chi connectivity index (χ1) is 9.85. The normalized spacial score (nSPS) is 14.0. The van der Waals surface area contributed by atoms with Gasteiger partial charge in [-0.25, -0.2) is 0 Å². The van der Waals surface area contributed by atoms with Crippen LogP contribution in [0.15, 0.2) is 18.2 Å².